The average Bonchev–Trinajstić information content (AvgIpc) is 3.40. The maximum Gasteiger partial charge on any atom is 0.264 e. The van der Waals surface area contributed by atoms with Crippen LogP contribution >= 0.6 is 0 Å². The molecule has 166 valence electrons. The van der Waals surface area contributed by atoms with Gasteiger partial charge in [0.15, 0.2) is 11.6 Å². The molecule has 4 aromatic rings. The number of para-hydroxylation sites is 1. The van der Waals surface area contributed by atoms with E-state index >= 15 is 0 Å². The van der Waals surface area contributed by atoms with Crippen LogP contribution in [-0.2, 0) is 4.79 Å². The number of rotatable bonds is 5. The highest BCUT2D eigenvalue weighted by Crippen LogP contribution is 2.28. The van der Waals surface area contributed by atoms with Crippen LogP contribution < -0.4 is 15.8 Å². The van der Waals surface area contributed by atoms with Gasteiger partial charge in [0.2, 0.25) is 5.91 Å². The second kappa shape index (κ2) is 9.07. The molecule has 0 saturated carbocycles. The minimum Gasteiger partial charge on any atom is -0.463 e. The van der Waals surface area contributed by atoms with Gasteiger partial charge in [-0.2, -0.15) is 5.10 Å². The Kier molecular flexibility index (Phi) is 5.67. The van der Waals surface area contributed by atoms with E-state index in [1.54, 1.807) is 12.3 Å². The van der Waals surface area contributed by atoms with Gasteiger partial charge in [-0.1, -0.05) is 18.2 Å². The van der Waals surface area contributed by atoms with Gasteiger partial charge >= 0.3 is 0 Å². The van der Waals surface area contributed by atoms with Gasteiger partial charge < -0.3 is 14.6 Å². The lowest BCUT2D eigenvalue weighted by Crippen LogP contribution is -2.41. The number of carbonyl (C=O) groups is 1. The van der Waals surface area contributed by atoms with Crippen molar-refractivity contribution in [3.05, 3.63) is 77.3 Å². The number of amides is 1. The van der Waals surface area contributed by atoms with Gasteiger partial charge in [-0.3, -0.25) is 9.59 Å². The quantitative estimate of drug-likeness (QED) is 0.487. The first-order chi connectivity index (χ1) is 16.2. The van der Waals surface area contributed by atoms with E-state index in [-0.39, 0.29) is 17.4 Å². The fourth-order valence-electron chi connectivity index (χ4n) is 3.99. The fourth-order valence-corrected chi connectivity index (χ4v) is 3.99. The number of aromatic nitrogens is 4. The van der Waals surface area contributed by atoms with Crippen LogP contribution in [0.15, 0.2) is 76.1 Å². The molecule has 0 spiro atoms. The summed E-state index contributed by atoms with van der Waals surface area (Å²) in [4.78, 5) is 26.6. The van der Waals surface area contributed by atoms with E-state index in [0.29, 0.717) is 29.4 Å². The summed E-state index contributed by atoms with van der Waals surface area (Å²) in [5.41, 5.74) is 2.38. The van der Waals surface area contributed by atoms with Crippen LogP contribution in [0.3, 0.4) is 0 Å². The summed E-state index contributed by atoms with van der Waals surface area (Å²) in [5.74, 6) is 1.15. The Morgan fingerprint density at radius 2 is 1.91 bits per heavy atom. The van der Waals surface area contributed by atoms with Gasteiger partial charge in [0.1, 0.15) is 5.69 Å². The number of benzene rings is 1. The van der Waals surface area contributed by atoms with Crippen LogP contribution in [0.25, 0.3) is 22.7 Å². The first-order valence-electron chi connectivity index (χ1n) is 10.8. The molecule has 1 atom stereocenters. The van der Waals surface area contributed by atoms with Crippen molar-refractivity contribution >= 4 is 17.4 Å². The molecule has 3 aromatic heterocycles. The molecule has 4 heterocycles. The van der Waals surface area contributed by atoms with Gasteiger partial charge in [-0.15, -0.1) is 10.2 Å². The van der Waals surface area contributed by atoms with Crippen LogP contribution in [0.2, 0.25) is 0 Å². The average molecular weight is 442 g/mol. The second-order valence-electron chi connectivity index (χ2n) is 7.88. The normalized spacial score (nSPS) is 15.9. The lowest BCUT2D eigenvalue weighted by molar-refractivity contribution is -0.120. The molecular formula is C24H22N6O3. The van der Waals surface area contributed by atoms with Crippen molar-refractivity contribution in [3.63, 3.8) is 0 Å². The van der Waals surface area contributed by atoms with E-state index < -0.39 is 0 Å². The van der Waals surface area contributed by atoms with Gasteiger partial charge in [0, 0.05) is 24.7 Å². The van der Waals surface area contributed by atoms with Crippen LogP contribution in [0.5, 0.6) is 0 Å². The third kappa shape index (κ3) is 4.52. The summed E-state index contributed by atoms with van der Waals surface area (Å²) in [5, 5.41) is 18.2. The monoisotopic (exact) mass is 442 g/mol. The lowest BCUT2D eigenvalue weighted by Gasteiger charge is -2.32. The Morgan fingerprint density at radius 3 is 2.67 bits per heavy atom. The Balaban J connectivity index is 1.29. The Hall–Kier alpha value is -4.27. The minimum absolute atomic E-state index is 0.0586. The maximum absolute atomic E-state index is 13.1. The molecule has 1 unspecified atom stereocenters. The van der Waals surface area contributed by atoms with Crippen LogP contribution in [0.1, 0.15) is 12.8 Å². The van der Waals surface area contributed by atoms with Crippen LogP contribution in [0.4, 0.5) is 11.5 Å². The number of H-pyrrole nitrogens is 1. The summed E-state index contributed by atoms with van der Waals surface area (Å²) in [7, 11) is 0. The predicted molar refractivity (Wildman–Crippen MR) is 124 cm³/mol. The van der Waals surface area contributed by atoms with Crippen molar-refractivity contribution in [1.82, 2.24) is 20.4 Å². The minimum atomic E-state index is -0.275. The molecule has 0 aliphatic carbocycles. The number of furan rings is 1. The Morgan fingerprint density at radius 1 is 1.03 bits per heavy atom. The van der Waals surface area contributed by atoms with Crippen molar-refractivity contribution in [2.75, 3.05) is 23.3 Å². The molecule has 5 rings (SSSR count). The number of hydrogen-bond donors (Lipinski definition) is 2. The number of carbonyl (C=O) groups excluding carboxylic acids is 1. The Bertz CT molecular complexity index is 1280. The zero-order valence-corrected chi connectivity index (χ0v) is 17.8. The number of anilines is 2. The van der Waals surface area contributed by atoms with Gasteiger partial charge in [0.25, 0.3) is 5.56 Å². The molecule has 0 bridgehead atoms. The van der Waals surface area contributed by atoms with Crippen LogP contribution in [0, 0.1) is 5.92 Å². The lowest BCUT2D eigenvalue weighted by atomic mass is 9.96. The summed E-state index contributed by atoms with van der Waals surface area (Å²) in [6.45, 7) is 1.37. The summed E-state index contributed by atoms with van der Waals surface area (Å²) in [6.07, 6.45) is 3.27. The van der Waals surface area contributed by atoms with E-state index in [4.69, 9.17) is 4.42 Å². The molecule has 1 saturated heterocycles. The third-order valence-electron chi connectivity index (χ3n) is 5.68. The Labute approximate surface area is 189 Å². The summed E-state index contributed by atoms with van der Waals surface area (Å²) >= 11 is 0. The molecule has 33 heavy (non-hydrogen) atoms. The van der Waals surface area contributed by atoms with E-state index in [1.807, 2.05) is 48.5 Å². The van der Waals surface area contributed by atoms with Crippen molar-refractivity contribution in [3.8, 4) is 22.7 Å². The number of piperidine rings is 1. The smallest absolute Gasteiger partial charge is 0.264 e. The van der Waals surface area contributed by atoms with Crippen molar-refractivity contribution in [2.24, 2.45) is 5.92 Å². The van der Waals surface area contributed by atoms with E-state index in [1.165, 1.54) is 6.07 Å². The standard InChI is InChI=1S/C24H22N6O3/c31-23-12-10-19(26-29-23)17-6-1-2-7-18(17)25-24(32)16-5-3-13-30(15-16)22-11-9-20(27-28-22)21-8-4-14-33-21/h1-2,4,6-12,14,16H,3,5,13,15H2,(H,25,32)(H,29,31). The summed E-state index contributed by atoms with van der Waals surface area (Å²) < 4.78 is 5.37. The van der Waals surface area contributed by atoms with Crippen molar-refractivity contribution < 1.29 is 9.21 Å². The number of hydrogen-bond acceptors (Lipinski definition) is 7. The fraction of sp³-hybridized carbons (Fsp3) is 0.208. The highest BCUT2D eigenvalue weighted by atomic mass is 16.3. The second-order valence-corrected chi connectivity index (χ2v) is 7.88. The summed E-state index contributed by atoms with van der Waals surface area (Å²) in [6, 6.07) is 17.9. The molecule has 2 N–H and O–H groups in total. The highest BCUT2D eigenvalue weighted by Gasteiger charge is 2.27. The molecule has 0 radical (unpaired) electrons. The third-order valence-corrected chi connectivity index (χ3v) is 5.68. The molecule has 1 aliphatic heterocycles. The first kappa shape index (κ1) is 20.6. The SMILES string of the molecule is O=C(Nc1ccccc1-c1ccc(=O)[nH]n1)C1CCCN(c2ccc(-c3ccco3)nn2)C1. The molecule has 9 heteroatoms. The zero-order chi connectivity index (χ0) is 22.6. The maximum atomic E-state index is 13.1. The highest BCUT2D eigenvalue weighted by molar-refractivity contribution is 5.96. The van der Waals surface area contributed by atoms with Gasteiger partial charge in [0.05, 0.1) is 23.6 Å². The molecule has 9 nitrogen and oxygen atoms in total. The van der Waals surface area contributed by atoms with E-state index in [0.717, 1.165) is 30.8 Å². The van der Waals surface area contributed by atoms with E-state index in [2.05, 4.69) is 30.6 Å². The zero-order valence-electron chi connectivity index (χ0n) is 17.8. The molecule has 1 amide bonds. The number of aromatic amines is 1. The largest absolute Gasteiger partial charge is 0.463 e. The number of nitrogens with one attached hydrogen (secondary N) is 2. The molecule has 1 aromatic carbocycles. The molecular weight excluding hydrogens is 420 g/mol. The van der Waals surface area contributed by atoms with E-state index in [9.17, 15) is 9.59 Å². The first-order valence-corrected chi connectivity index (χ1v) is 10.8. The number of nitrogens with zero attached hydrogens (tertiary/aromatic N) is 4. The van der Waals surface area contributed by atoms with Gasteiger partial charge in [-0.25, -0.2) is 5.10 Å². The molecule has 1 fully saturated rings. The van der Waals surface area contributed by atoms with Crippen LogP contribution in [-0.4, -0.2) is 39.4 Å². The predicted octanol–water partition coefficient (Wildman–Crippen LogP) is 3.34. The molecule has 1 aliphatic rings. The van der Waals surface area contributed by atoms with Gasteiger partial charge in [-0.05, 0) is 49.2 Å². The topological polar surface area (TPSA) is 117 Å². The van der Waals surface area contributed by atoms with Crippen molar-refractivity contribution in [1.29, 1.82) is 0 Å². The van der Waals surface area contributed by atoms with Crippen molar-refractivity contribution in [2.45, 2.75) is 12.8 Å².